The minimum atomic E-state index is -3.68. The molecular formula is C18H20ClN3O5S. The first-order chi connectivity index (χ1) is 13.1. The van der Waals surface area contributed by atoms with Gasteiger partial charge >= 0.3 is 0 Å². The number of anilines is 2. The SMILES string of the molecule is Cc1ccc([N+](=O)[O-])cc1N(CCCC(=O)Nc1ccc(Cl)cc1)S(C)(=O)=O. The molecule has 10 heteroatoms. The minimum Gasteiger partial charge on any atom is -0.326 e. The van der Waals surface area contributed by atoms with Crippen LogP contribution in [0.4, 0.5) is 17.1 Å². The molecule has 0 atom stereocenters. The first-order valence-electron chi connectivity index (χ1n) is 8.36. The molecule has 0 saturated heterocycles. The molecule has 150 valence electrons. The molecule has 0 spiro atoms. The van der Waals surface area contributed by atoms with E-state index >= 15 is 0 Å². The molecule has 0 fully saturated rings. The number of carbonyl (C=O) groups is 1. The number of rotatable bonds is 8. The van der Waals surface area contributed by atoms with Crippen LogP contribution in [-0.2, 0) is 14.8 Å². The van der Waals surface area contributed by atoms with Gasteiger partial charge in [-0.3, -0.25) is 19.2 Å². The van der Waals surface area contributed by atoms with Crippen molar-refractivity contribution in [3.05, 3.63) is 63.2 Å². The molecule has 2 aromatic rings. The average molecular weight is 426 g/mol. The number of carbonyl (C=O) groups excluding carboxylic acids is 1. The summed E-state index contributed by atoms with van der Waals surface area (Å²) in [7, 11) is -3.68. The second-order valence-corrected chi connectivity index (χ2v) is 8.56. The summed E-state index contributed by atoms with van der Waals surface area (Å²) in [6, 6.07) is 10.7. The van der Waals surface area contributed by atoms with Crippen LogP contribution in [-0.4, -0.2) is 32.0 Å². The lowest BCUT2D eigenvalue weighted by Gasteiger charge is -2.24. The molecule has 2 aromatic carbocycles. The fraction of sp³-hybridized carbons (Fsp3) is 0.278. The van der Waals surface area contributed by atoms with E-state index in [2.05, 4.69) is 5.32 Å². The first-order valence-corrected chi connectivity index (χ1v) is 10.6. The molecule has 1 amide bonds. The summed E-state index contributed by atoms with van der Waals surface area (Å²) >= 11 is 5.79. The zero-order chi connectivity index (χ0) is 20.9. The van der Waals surface area contributed by atoms with Crippen LogP contribution < -0.4 is 9.62 Å². The van der Waals surface area contributed by atoms with Crippen molar-refractivity contribution in [2.45, 2.75) is 19.8 Å². The number of hydrogen-bond donors (Lipinski definition) is 1. The predicted molar refractivity (Wildman–Crippen MR) is 109 cm³/mol. The summed E-state index contributed by atoms with van der Waals surface area (Å²) in [4.78, 5) is 22.5. The molecule has 0 aliphatic heterocycles. The summed E-state index contributed by atoms with van der Waals surface area (Å²) in [6.07, 6.45) is 1.36. The molecule has 0 saturated carbocycles. The summed E-state index contributed by atoms with van der Waals surface area (Å²) in [5.74, 6) is -0.272. The van der Waals surface area contributed by atoms with Crippen LogP contribution in [0.1, 0.15) is 18.4 Å². The van der Waals surface area contributed by atoms with E-state index in [9.17, 15) is 23.3 Å². The maximum atomic E-state index is 12.2. The van der Waals surface area contributed by atoms with Crippen molar-refractivity contribution < 1.29 is 18.1 Å². The van der Waals surface area contributed by atoms with E-state index < -0.39 is 14.9 Å². The lowest BCUT2D eigenvalue weighted by Crippen LogP contribution is -2.32. The van der Waals surface area contributed by atoms with Crippen molar-refractivity contribution in [2.75, 3.05) is 22.4 Å². The molecule has 0 bridgehead atoms. The number of nitrogens with zero attached hydrogens (tertiary/aromatic N) is 2. The maximum Gasteiger partial charge on any atom is 0.271 e. The van der Waals surface area contributed by atoms with Gasteiger partial charge in [-0.25, -0.2) is 8.42 Å². The van der Waals surface area contributed by atoms with Crippen molar-refractivity contribution in [1.29, 1.82) is 0 Å². The quantitative estimate of drug-likeness (QED) is 0.511. The molecule has 0 radical (unpaired) electrons. The summed E-state index contributed by atoms with van der Waals surface area (Å²) in [5.41, 5.74) is 1.20. The van der Waals surface area contributed by atoms with Gasteiger partial charge in [0.25, 0.3) is 5.69 Å². The smallest absolute Gasteiger partial charge is 0.271 e. The highest BCUT2D eigenvalue weighted by Crippen LogP contribution is 2.27. The first kappa shape index (κ1) is 21.6. The van der Waals surface area contributed by atoms with Crippen molar-refractivity contribution in [3.63, 3.8) is 0 Å². The summed E-state index contributed by atoms with van der Waals surface area (Å²) in [5, 5.41) is 14.3. The van der Waals surface area contributed by atoms with Crippen LogP contribution in [0.3, 0.4) is 0 Å². The number of sulfonamides is 1. The van der Waals surface area contributed by atoms with Crippen LogP contribution in [0.15, 0.2) is 42.5 Å². The van der Waals surface area contributed by atoms with E-state index in [1.807, 2.05) is 0 Å². The molecule has 0 aliphatic carbocycles. The molecule has 0 heterocycles. The van der Waals surface area contributed by atoms with E-state index in [1.165, 1.54) is 18.2 Å². The fourth-order valence-corrected chi connectivity index (χ4v) is 3.73. The number of nitrogens with one attached hydrogen (secondary N) is 1. The van der Waals surface area contributed by atoms with Crippen LogP contribution in [0.2, 0.25) is 5.02 Å². The van der Waals surface area contributed by atoms with Gasteiger partial charge in [-0.05, 0) is 43.2 Å². The van der Waals surface area contributed by atoms with Gasteiger partial charge in [-0.2, -0.15) is 0 Å². The van der Waals surface area contributed by atoms with Gasteiger partial charge in [0.15, 0.2) is 0 Å². The molecule has 0 unspecified atom stereocenters. The van der Waals surface area contributed by atoms with Gasteiger partial charge in [0.05, 0.1) is 16.9 Å². The monoisotopic (exact) mass is 425 g/mol. The van der Waals surface area contributed by atoms with Crippen molar-refractivity contribution in [1.82, 2.24) is 0 Å². The van der Waals surface area contributed by atoms with Gasteiger partial charge in [-0.15, -0.1) is 0 Å². The van der Waals surface area contributed by atoms with Crippen LogP contribution in [0.5, 0.6) is 0 Å². The average Bonchev–Trinajstić information content (AvgIpc) is 2.60. The van der Waals surface area contributed by atoms with Crippen LogP contribution >= 0.6 is 11.6 Å². The third kappa shape index (κ3) is 5.93. The number of aryl methyl sites for hydroxylation is 1. The molecule has 0 aliphatic rings. The summed E-state index contributed by atoms with van der Waals surface area (Å²) < 4.78 is 25.5. The Balaban J connectivity index is 2.08. The van der Waals surface area contributed by atoms with E-state index in [1.54, 1.807) is 31.2 Å². The van der Waals surface area contributed by atoms with Crippen molar-refractivity contribution >= 4 is 44.6 Å². The third-order valence-electron chi connectivity index (χ3n) is 3.97. The van der Waals surface area contributed by atoms with E-state index in [-0.39, 0.29) is 36.7 Å². The Kier molecular flexibility index (Phi) is 6.98. The van der Waals surface area contributed by atoms with Gasteiger partial charge < -0.3 is 5.32 Å². The van der Waals surface area contributed by atoms with Crippen LogP contribution in [0, 0.1) is 17.0 Å². The summed E-state index contributed by atoms with van der Waals surface area (Å²) in [6.45, 7) is 1.69. The second kappa shape index (κ2) is 9.03. The highest BCUT2D eigenvalue weighted by atomic mass is 35.5. The number of hydrogen-bond acceptors (Lipinski definition) is 5. The molecular weight excluding hydrogens is 406 g/mol. The number of halogens is 1. The molecule has 8 nitrogen and oxygen atoms in total. The van der Waals surface area contributed by atoms with Gasteiger partial charge in [0.2, 0.25) is 15.9 Å². The Bertz CT molecular complexity index is 977. The zero-order valence-corrected chi connectivity index (χ0v) is 17.0. The zero-order valence-electron chi connectivity index (χ0n) is 15.4. The topological polar surface area (TPSA) is 110 Å². The van der Waals surface area contributed by atoms with E-state index in [0.717, 1.165) is 10.6 Å². The largest absolute Gasteiger partial charge is 0.326 e. The van der Waals surface area contributed by atoms with E-state index in [4.69, 9.17) is 11.6 Å². The van der Waals surface area contributed by atoms with Gasteiger partial charge in [0, 0.05) is 35.8 Å². The number of non-ortho nitro benzene ring substituents is 1. The fourth-order valence-electron chi connectivity index (χ4n) is 2.58. The number of benzene rings is 2. The standard InChI is InChI=1S/C18H20ClN3O5S/c1-13-5-10-16(22(24)25)12-17(13)21(28(2,26)27)11-3-4-18(23)20-15-8-6-14(19)7-9-15/h5-10,12H,3-4,11H2,1-2H3,(H,20,23). The Morgan fingerprint density at radius 1 is 1.21 bits per heavy atom. The Hall–Kier alpha value is -2.65. The van der Waals surface area contributed by atoms with Crippen molar-refractivity contribution in [3.8, 4) is 0 Å². The molecule has 2 rings (SSSR count). The predicted octanol–water partition coefficient (Wildman–Crippen LogP) is 3.74. The van der Waals surface area contributed by atoms with E-state index in [0.29, 0.717) is 16.3 Å². The normalized spacial score (nSPS) is 11.1. The van der Waals surface area contributed by atoms with Gasteiger partial charge in [-0.1, -0.05) is 17.7 Å². The Labute approximate surface area is 168 Å². The molecule has 28 heavy (non-hydrogen) atoms. The van der Waals surface area contributed by atoms with Crippen LogP contribution in [0.25, 0.3) is 0 Å². The Morgan fingerprint density at radius 2 is 1.86 bits per heavy atom. The number of nitro benzene ring substituents is 1. The molecule has 0 aromatic heterocycles. The lowest BCUT2D eigenvalue weighted by atomic mass is 10.1. The minimum absolute atomic E-state index is 0.0227. The number of nitro groups is 1. The molecule has 1 N–H and O–H groups in total. The lowest BCUT2D eigenvalue weighted by molar-refractivity contribution is -0.384. The Morgan fingerprint density at radius 3 is 2.43 bits per heavy atom. The second-order valence-electron chi connectivity index (χ2n) is 6.22. The highest BCUT2D eigenvalue weighted by molar-refractivity contribution is 7.92. The highest BCUT2D eigenvalue weighted by Gasteiger charge is 2.22. The number of amides is 1. The van der Waals surface area contributed by atoms with Crippen molar-refractivity contribution in [2.24, 2.45) is 0 Å². The van der Waals surface area contributed by atoms with Gasteiger partial charge in [0.1, 0.15) is 0 Å². The third-order valence-corrected chi connectivity index (χ3v) is 5.40. The maximum absolute atomic E-state index is 12.2.